The van der Waals surface area contributed by atoms with Crippen molar-refractivity contribution in [2.45, 2.75) is 32.7 Å². The monoisotopic (exact) mass is 183 g/mol. The summed E-state index contributed by atoms with van der Waals surface area (Å²) in [5.74, 6) is 0. The molecule has 2 heteroatoms. The Labute approximate surface area is 78.8 Å². The summed E-state index contributed by atoms with van der Waals surface area (Å²) in [5, 5.41) is 3.25. The van der Waals surface area contributed by atoms with E-state index in [0.29, 0.717) is 6.04 Å². The molecule has 12 heavy (non-hydrogen) atoms. The van der Waals surface area contributed by atoms with E-state index in [9.17, 15) is 0 Å². The predicted molar refractivity (Wildman–Crippen MR) is 55.8 cm³/mol. The van der Waals surface area contributed by atoms with Crippen LogP contribution in [-0.2, 0) is 6.42 Å². The molecule has 0 saturated carbocycles. The molecule has 1 atom stereocenters. The van der Waals surface area contributed by atoms with Crippen molar-refractivity contribution < 1.29 is 0 Å². The number of aryl methyl sites for hydroxylation is 1. The third-order valence-electron chi connectivity index (χ3n) is 2.04. The number of hydrogen-bond donors (Lipinski definition) is 1. The van der Waals surface area contributed by atoms with Crippen LogP contribution < -0.4 is 5.32 Å². The highest BCUT2D eigenvalue weighted by Crippen LogP contribution is 2.23. The molecule has 1 aromatic rings. The highest BCUT2D eigenvalue weighted by Gasteiger charge is 2.04. The first-order valence-electron chi connectivity index (χ1n) is 4.53. The Hall–Kier alpha value is -0.340. The van der Waals surface area contributed by atoms with Crippen LogP contribution in [0.3, 0.4) is 0 Å². The Balaban J connectivity index is 2.63. The van der Waals surface area contributed by atoms with E-state index in [4.69, 9.17) is 0 Å². The summed E-state index contributed by atoms with van der Waals surface area (Å²) in [4.78, 5) is 2.95. The molecular formula is C10H17NS. The smallest absolute Gasteiger partial charge is 0.0383 e. The maximum atomic E-state index is 3.25. The molecular weight excluding hydrogens is 166 g/mol. The maximum absolute atomic E-state index is 3.25. The predicted octanol–water partition coefficient (Wildman–Crippen LogP) is 2.98. The number of hydrogen-bond acceptors (Lipinski definition) is 2. The summed E-state index contributed by atoms with van der Waals surface area (Å²) in [5.41, 5.74) is 0. The average Bonchev–Trinajstić information content (AvgIpc) is 2.52. The van der Waals surface area contributed by atoms with Crippen molar-refractivity contribution in [3.05, 3.63) is 21.9 Å². The minimum atomic E-state index is 0.501. The molecule has 0 aliphatic rings. The van der Waals surface area contributed by atoms with Gasteiger partial charge in [0.25, 0.3) is 0 Å². The zero-order valence-electron chi connectivity index (χ0n) is 8.05. The van der Waals surface area contributed by atoms with Crippen LogP contribution in [0.15, 0.2) is 12.1 Å². The molecule has 0 aromatic carbocycles. The van der Waals surface area contributed by atoms with Gasteiger partial charge in [0.05, 0.1) is 0 Å². The Morgan fingerprint density at radius 1 is 1.50 bits per heavy atom. The molecule has 1 N–H and O–H groups in total. The first-order chi connectivity index (χ1) is 5.77. The van der Waals surface area contributed by atoms with E-state index in [-0.39, 0.29) is 0 Å². The first-order valence-corrected chi connectivity index (χ1v) is 5.35. The minimum Gasteiger partial charge on any atom is -0.313 e. The lowest BCUT2D eigenvalue weighted by Gasteiger charge is -2.05. The van der Waals surface area contributed by atoms with Crippen LogP contribution in [-0.4, -0.2) is 7.05 Å². The molecule has 1 rings (SSSR count). The zero-order valence-corrected chi connectivity index (χ0v) is 8.87. The van der Waals surface area contributed by atoms with Gasteiger partial charge in [-0.25, -0.2) is 0 Å². The largest absolute Gasteiger partial charge is 0.313 e. The summed E-state index contributed by atoms with van der Waals surface area (Å²) in [6, 6.07) is 4.98. The van der Waals surface area contributed by atoms with Crippen molar-refractivity contribution in [3.63, 3.8) is 0 Å². The molecule has 0 aliphatic carbocycles. The Morgan fingerprint density at radius 3 is 2.83 bits per heavy atom. The van der Waals surface area contributed by atoms with E-state index in [1.54, 1.807) is 0 Å². The van der Waals surface area contributed by atoms with Crippen LogP contribution in [0.2, 0.25) is 0 Å². The Bertz CT molecular complexity index is 229. The quantitative estimate of drug-likeness (QED) is 0.756. The molecule has 0 fully saturated rings. The third-order valence-corrected chi connectivity index (χ3v) is 3.37. The summed E-state index contributed by atoms with van der Waals surface area (Å²) in [6.45, 7) is 4.42. The van der Waals surface area contributed by atoms with Crippen molar-refractivity contribution in [1.29, 1.82) is 0 Å². The third kappa shape index (κ3) is 2.32. The fourth-order valence-electron chi connectivity index (χ4n) is 1.15. The molecule has 1 aromatic heterocycles. The van der Waals surface area contributed by atoms with Gasteiger partial charge >= 0.3 is 0 Å². The minimum absolute atomic E-state index is 0.501. The van der Waals surface area contributed by atoms with Crippen LogP contribution in [0.4, 0.5) is 0 Å². The molecule has 0 amide bonds. The van der Waals surface area contributed by atoms with Gasteiger partial charge in [-0.2, -0.15) is 0 Å². The molecule has 0 radical (unpaired) electrons. The summed E-state index contributed by atoms with van der Waals surface area (Å²) >= 11 is 1.93. The summed E-state index contributed by atoms with van der Waals surface area (Å²) in [6.07, 6.45) is 2.47. The highest BCUT2D eigenvalue weighted by molar-refractivity contribution is 7.12. The van der Waals surface area contributed by atoms with Gasteiger partial charge in [0.15, 0.2) is 0 Å². The van der Waals surface area contributed by atoms with E-state index in [0.717, 1.165) is 0 Å². The molecule has 1 nitrogen and oxygen atoms in total. The fourth-order valence-corrected chi connectivity index (χ4v) is 2.33. The normalized spacial score (nSPS) is 13.2. The standard InChI is InChI=1S/C10H17NS/c1-4-5-9-6-7-10(12-9)8(2)11-3/h6-8,11H,4-5H2,1-3H3/t8-/m1/s1. The van der Waals surface area contributed by atoms with Gasteiger partial charge in [-0.05, 0) is 32.5 Å². The lowest BCUT2D eigenvalue weighted by molar-refractivity contribution is 0.664. The van der Waals surface area contributed by atoms with Crippen molar-refractivity contribution in [1.82, 2.24) is 5.32 Å². The SMILES string of the molecule is CCCc1ccc([C@@H](C)NC)s1. The summed E-state index contributed by atoms with van der Waals surface area (Å²) < 4.78 is 0. The topological polar surface area (TPSA) is 12.0 Å². The van der Waals surface area contributed by atoms with Crippen LogP contribution in [0, 0.1) is 0 Å². The molecule has 1 heterocycles. The zero-order chi connectivity index (χ0) is 8.97. The van der Waals surface area contributed by atoms with Gasteiger partial charge in [0.2, 0.25) is 0 Å². The second kappa shape index (κ2) is 4.63. The lowest BCUT2D eigenvalue weighted by atomic mass is 10.2. The number of nitrogens with one attached hydrogen (secondary N) is 1. The van der Waals surface area contributed by atoms with Gasteiger partial charge in [-0.3, -0.25) is 0 Å². The molecule has 0 bridgehead atoms. The van der Waals surface area contributed by atoms with E-state index in [2.05, 4.69) is 31.3 Å². The van der Waals surface area contributed by atoms with Crippen LogP contribution in [0.1, 0.15) is 36.1 Å². The number of rotatable bonds is 4. The molecule has 0 aliphatic heterocycles. The summed E-state index contributed by atoms with van der Waals surface area (Å²) in [7, 11) is 2.00. The van der Waals surface area contributed by atoms with Gasteiger partial charge in [-0.15, -0.1) is 11.3 Å². The Morgan fingerprint density at radius 2 is 2.25 bits per heavy atom. The number of thiophene rings is 1. The van der Waals surface area contributed by atoms with Crippen molar-refractivity contribution in [3.8, 4) is 0 Å². The van der Waals surface area contributed by atoms with E-state index in [1.807, 2.05) is 18.4 Å². The van der Waals surface area contributed by atoms with Gasteiger partial charge in [0.1, 0.15) is 0 Å². The van der Waals surface area contributed by atoms with Gasteiger partial charge < -0.3 is 5.32 Å². The molecule has 0 unspecified atom stereocenters. The molecule has 0 spiro atoms. The first kappa shape index (κ1) is 9.75. The second-order valence-electron chi connectivity index (χ2n) is 3.06. The van der Waals surface area contributed by atoms with Crippen LogP contribution in [0.25, 0.3) is 0 Å². The molecule has 68 valence electrons. The Kier molecular flexibility index (Phi) is 3.76. The van der Waals surface area contributed by atoms with E-state index in [1.165, 1.54) is 22.6 Å². The van der Waals surface area contributed by atoms with E-state index >= 15 is 0 Å². The fraction of sp³-hybridized carbons (Fsp3) is 0.600. The van der Waals surface area contributed by atoms with Gasteiger partial charge in [-0.1, -0.05) is 13.3 Å². The molecule has 0 saturated heterocycles. The van der Waals surface area contributed by atoms with Crippen LogP contribution >= 0.6 is 11.3 Å². The lowest BCUT2D eigenvalue weighted by Crippen LogP contribution is -2.10. The average molecular weight is 183 g/mol. The van der Waals surface area contributed by atoms with Crippen LogP contribution in [0.5, 0.6) is 0 Å². The van der Waals surface area contributed by atoms with Crippen molar-refractivity contribution in [2.75, 3.05) is 7.05 Å². The maximum Gasteiger partial charge on any atom is 0.0383 e. The van der Waals surface area contributed by atoms with E-state index < -0.39 is 0 Å². The van der Waals surface area contributed by atoms with Gasteiger partial charge in [0, 0.05) is 15.8 Å². The van der Waals surface area contributed by atoms with Crippen molar-refractivity contribution >= 4 is 11.3 Å². The highest BCUT2D eigenvalue weighted by atomic mass is 32.1. The van der Waals surface area contributed by atoms with Crippen molar-refractivity contribution in [2.24, 2.45) is 0 Å². The second-order valence-corrected chi connectivity index (χ2v) is 4.26.